The van der Waals surface area contributed by atoms with Crippen molar-refractivity contribution in [3.63, 3.8) is 0 Å². The number of hydrogen-bond donors (Lipinski definition) is 0. The van der Waals surface area contributed by atoms with Gasteiger partial charge in [0.15, 0.2) is 0 Å². The number of alkyl halides is 1. The maximum atomic E-state index is 12.9. The second-order valence-electron chi connectivity index (χ2n) is 2.63. The van der Waals surface area contributed by atoms with Crippen molar-refractivity contribution < 1.29 is 4.39 Å². The second kappa shape index (κ2) is 3.71. The Kier molecular flexibility index (Phi) is 2.76. The van der Waals surface area contributed by atoms with Gasteiger partial charge in [0, 0.05) is 10.6 Å². The van der Waals surface area contributed by atoms with E-state index in [1.165, 1.54) is 6.07 Å². The van der Waals surface area contributed by atoms with Gasteiger partial charge in [-0.05, 0) is 45.7 Å². The van der Waals surface area contributed by atoms with E-state index < -0.39 is 0 Å². The molecule has 0 atom stereocenters. The lowest BCUT2D eigenvalue weighted by molar-refractivity contribution is 0.630. The normalized spacial score (nSPS) is 11.0. The fourth-order valence-electron chi connectivity index (χ4n) is 1.22. The van der Waals surface area contributed by atoms with Gasteiger partial charge in [-0.15, -0.1) is 22.9 Å². The first-order chi connectivity index (χ1) is 6.22. The number of thiophene rings is 1. The van der Waals surface area contributed by atoms with E-state index in [1.807, 2.05) is 0 Å². The zero-order valence-electron chi connectivity index (χ0n) is 6.48. The molecule has 0 N–H and O–H groups in total. The molecule has 0 bridgehead atoms. The van der Waals surface area contributed by atoms with Gasteiger partial charge in [-0.1, -0.05) is 6.07 Å². The summed E-state index contributed by atoms with van der Waals surface area (Å²) < 4.78 is 15.0. The molecule has 4 heteroatoms. The fourth-order valence-corrected chi connectivity index (χ4v) is 3.96. The maximum Gasteiger partial charge on any atom is 0.124 e. The summed E-state index contributed by atoms with van der Waals surface area (Å²) in [5.74, 6) is 0.301. The van der Waals surface area contributed by atoms with Crippen LogP contribution in [-0.4, -0.2) is 0 Å². The molecular weight excluding hydrogens is 322 g/mol. The topological polar surface area (TPSA) is 0 Å². The second-order valence-corrected chi connectivity index (χ2v) is 5.76. The average Bonchev–Trinajstić information content (AvgIpc) is 2.39. The van der Waals surface area contributed by atoms with E-state index in [2.05, 4.69) is 22.6 Å². The van der Waals surface area contributed by atoms with E-state index in [-0.39, 0.29) is 5.82 Å². The van der Waals surface area contributed by atoms with Crippen LogP contribution in [0.5, 0.6) is 0 Å². The van der Waals surface area contributed by atoms with Crippen LogP contribution < -0.4 is 0 Å². The van der Waals surface area contributed by atoms with E-state index in [0.717, 1.165) is 18.5 Å². The summed E-state index contributed by atoms with van der Waals surface area (Å²) in [7, 11) is 0. The van der Waals surface area contributed by atoms with Gasteiger partial charge in [0.2, 0.25) is 0 Å². The van der Waals surface area contributed by atoms with Crippen molar-refractivity contribution in [2.24, 2.45) is 0 Å². The predicted molar refractivity (Wildman–Crippen MR) is 64.1 cm³/mol. The fraction of sp³-hybridized carbons (Fsp3) is 0.111. The molecule has 1 aromatic heterocycles. The molecule has 1 heterocycles. The number of fused-ring (bicyclic) bond motifs is 1. The first-order valence-electron chi connectivity index (χ1n) is 3.65. The summed E-state index contributed by atoms with van der Waals surface area (Å²) >= 11 is 9.62. The molecule has 2 rings (SSSR count). The van der Waals surface area contributed by atoms with Crippen molar-refractivity contribution in [3.8, 4) is 0 Å². The van der Waals surface area contributed by atoms with Crippen molar-refractivity contribution in [1.29, 1.82) is 0 Å². The molecule has 0 aliphatic rings. The molecule has 0 nitrogen and oxygen atoms in total. The Morgan fingerprint density at radius 2 is 2.23 bits per heavy atom. The molecular formula is C9H5ClFIS. The zero-order valence-corrected chi connectivity index (χ0v) is 10.2. The molecule has 68 valence electrons. The summed E-state index contributed by atoms with van der Waals surface area (Å²) in [4.78, 5) is 0. The van der Waals surface area contributed by atoms with E-state index in [0.29, 0.717) is 5.88 Å². The quantitative estimate of drug-likeness (QED) is 0.539. The van der Waals surface area contributed by atoms with E-state index in [4.69, 9.17) is 11.6 Å². The molecule has 0 amide bonds. The number of hydrogen-bond acceptors (Lipinski definition) is 1. The highest BCUT2D eigenvalue weighted by atomic mass is 127. The minimum Gasteiger partial charge on any atom is -0.207 e. The van der Waals surface area contributed by atoms with Crippen LogP contribution in [0.3, 0.4) is 0 Å². The van der Waals surface area contributed by atoms with Crippen LogP contribution in [-0.2, 0) is 5.88 Å². The molecule has 0 spiro atoms. The molecule has 0 unspecified atom stereocenters. The van der Waals surface area contributed by atoms with E-state index in [1.54, 1.807) is 23.5 Å². The molecule has 0 saturated heterocycles. The molecule has 2 aromatic rings. The van der Waals surface area contributed by atoms with Crippen LogP contribution in [0, 0.1) is 8.70 Å². The van der Waals surface area contributed by atoms with E-state index in [9.17, 15) is 4.39 Å². The van der Waals surface area contributed by atoms with Crippen molar-refractivity contribution in [3.05, 3.63) is 32.5 Å². The third kappa shape index (κ3) is 1.69. The monoisotopic (exact) mass is 326 g/mol. The molecule has 0 radical (unpaired) electrons. The Labute approximate surface area is 97.8 Å². The van der Waals surface area contributed by atoms with Crippen molar-refractivity contribution in [2.75, 3.05) is 0 Å². The van der Waals surface area contributed by atoms with Crippen molar-refractivity contribution in [1.82, 2.24) is 0 Å². The average molecular weight is 327 g/mol. The largest absolute Gasteiger partial charge is 0.207 e. The number of halogens is 3. The Morgan fingerprint density at radius 1 is 1.46 bits per heavy atom. The third-order valence-corrected chi connectivity index (χ3v) is 4.40. The van der Waals surface area contributed by atoms with Crippen LogP contribution in [0.4, 0.5) is 4.39 Å². The van der Waals surface area contributed by atoms with Gasteiger partial charge in [0.05, 0.1) is 2.88 Å². The minimum absolute atomic E-state index is 0.189. The summed E-state index contributed by atoms with van der Waals surface area (Å²) in [5.41, 5.74) is 1.11. The van der Waals surface area contributed by atoms with E-state index >= 15 is 0 Å². The van der Waals surface area contributed by atoms with Gasteiger partial charge in [-0.25, -0.2) is 4.39 Å². The van der Waals surface area contributed by atoms with Gasteiger partial charge in [0.1, 0.15) is 5.82 Å². The van der Waals surface area contributed by atoms with Gasteiger partial charge in [-0.2, -0.15) is 0 Å². The van der Waals surface area contributed by atoms with Crippen molar-refractivity contribution in [2.45, 2.75) is 5.88 Å². The van der Waals surface area contributed by atoms with Gasteiger partial charge in [-0.3, -0.25) is 0 Å². The van der Waals surface area contributed by atoms with Crippen LogP contribution in [0.1, 0.15) is 5.56 Å². The molecule has 13 heavy (non-hydrogen) atoms. The summed E-state index contributed by atoms with van der Waals surface area (Å²) in [6.45, 7) is 0. The molecule has 0 fully saturated rings. The van der Waals surface area contributed by atoms with Gasteiger partial charge >= 0.3 is 0 Å². The van der Waals surface area contributed by atoms with Crippen LogP contribution in [0.25, 0.3) is 10.1 Å². The Bertz CT molecular complexity index is 452. The first-order valence-corrected chi connectivity index (χ1v) is 6.07. The summed E-state index contributed by atoms with van der Waals surface area (Å²) in [5, 5.41) is 1.07. The minimum atomic E-state index is -0.189. The lowest BCUT2D eigenvalue weighted by Gasteiger charge is -1.93. The van der Waals surface area contributed by atoms with Crippen LogP contribution in [0.15, 0.2) is 18.2 Å². The number of rotatable bonds is 1. The predicted octanol–water partition coefficient (Wildman–Crippen LogP) is 4.38. The molecule has 0 aliphatic carbocycles. The van der Waals surface area contributed by atoms with Crippen LogP contribution in [0.2, 0.25) is 0 Å². The Balaban J connectivity index is 2.79. The maximum absolute atomic E-state index is 12.9. The first kappa shape index (κ1) is 9.68. The third-order valence-electron chi connectivity index (χ3n) is 1.84. The summed E-state index contributed by atoms with van der Waals surface area (Å²) in [6, 6.07) is 4.82. The SMILES string of the molecule is Fc1ccc2c(CCl)c(I)sc2c1. The van der Waals surface area contributed by atoms with Gasteiger partial charge in [0.25, 0.3) is 0 Å². The van der Waals surface area contributed by atoms with Gasteiger partial charge < -0.3 is 0 Å². The van der Waals surface area contributed by atoms with Crippen LogP contribution >= 0.6 is 45.5 Å². The lowest BCUT2D eigenvalue weighted by Crippen LogP contribution is -1.77. The number of benzene rings is 1. The highest BCUT2D eigenvalue weighted by Gasteiger charge is 2.09. The Morgan fingerprint density at radius 3 is 2.92 bits per heavy atom. The molecule has 0 aliphatic heterocycles. The highest BCUT2D eigenvalue weighted by molar-refractivity contribution is 14.1. The summed E-state index contributed by atoms with van der Waals surface area (Å²) in [6.07, 6.45) is 0. The molecule has 1 aromatic carbocycles. The van der Waals surface area contributed by atoms with Crippen molar-refractivity contribution >= 4 is 55.6 Å². The molecule has 0 saturated carbocycles. The zero-order chi connectivity index (χ0) is 9.42. The smallest absolute Gasteiger partial charge is 0.124 e. The standard InChI is InChI=1S/C9H5ClFIS/c10-4-7-6-2-1-5(11)3-8(6)13-9(7)12/h1-3H,4H2. The Hall–Kier alpha value is 0.130. The highest BCUT2D eigenvalue weighted by Crippen LogP contribution is 2.33. The lowest BCUT2D eigenvalue weighted by atomic mass is 10.2.